The van der Waals surface area contributed by atoms with E-state index in [0.29, 0.717) is 54.4 Å². The predicted molar refractivity (Wildman–Crippen MR) is 121 cm³/mol. The normalized spacial score (nSPS) is 17.2. The number of nitrogens with two attached hydrogens (primary N) is 1. The lowest BCUT2D eigenvalue weighted by atomic mass is 9.84. The quantitative estimate of drug-likeness (QED) is 0.601. The molecule has 1 aliphatic rings. The molecule has 4 rings (SSSR count). The number of aromatic nitrogens is 2. The number of rotatable bonds is 6. The van der Waals surface area contributed by atoms with Gasteiger partial charge in [0.1, 0.15) is 17.1 Å². The molecule has 0 radical (unpaired) electrons. The number of imidazole rings is 1. The third-order valence-corrected chi connectivity index (χ3v) is 5.95. The van der Waals surface area contributed by atoms with Crippen molar-refractivity contribution >= 4 is 17.5 Å². The maximum atomic E-state index is 13.0. The first-order chi connectivity index (χ1) is 15.4. The molecule has 3 N–H and O–H groups in total. The summed E-state index contributed by atoms with van der Waals surface area (Å²) >= 11 is 6.04. The van der Waals surface area contributed by atoms with E-state index < -0.39 is 5.54 Å². The topological polar surface area (TPSA) is 106 Å². The molecule has 2 heterocycles. The fraction of sp³-hybridized carbons (Fsp3) is 0.292. The van der Waals surface area contributed by atoms with E-state index in [1.165, 1.54) is 0 Å². The average Bonchev–Trinajstić information content (AvgIpc) is 3.13. The van der Waals surface area contributed by atoms with Gasteiger partial charge in [-0.25, -0.2) is 4.98 Å². The van der Waals surface area contributed by atoms with Gasteiger partial charge in [0.25, 0.3) is 0 Å². The smallest absolute Gasteiger partial charge is 0.244 e. The fourth-order valence-corrected chi connectivity index (χ4v) is 4.04. The number of hydrogen-bond acceptors (Lipinski definition) is 5. The van der Waals surface area contributed by atoms with Gasteiger partial charge in [-0.3, -0.25) is 4.79 Å². The molecule has 0 bridgehead atoms. The molecule has 3 aromatic rings. The Hall–Kier alpha value is -3.34. The molecule has 0 saturated heterocycles. The van der Waals surface area contributed by atoms with Crippen LogP contribution in [-0.4, -0.2) is 28.6 Å². The monoisotopic (exact) mass is 449 g/mol. The second-order valence-electron chi connectivity index (χ2n) is 7.93. The maximum Gasteiger partial charge on any atom is 0.244 e. The van der Waals surface area contributed by atoms with Crippen LogP contribution in [0.25, 0.3) is 0 Å². The predicted octanol–water partition coefficient (Wildman–Crippen LogP) is 3.06. The lowest BCUT2D eigenvalue weighted by Crippen LogP contribution is -2.54. The number of fused-ring (bicyclic) bond motifs is 1. The molecular weight excluding hydrogens is 426 g/mol. The lowest BCUT2D eigenvalue weighted by Gasteiger charge is -2.34. The van der Waals surface area contributed by atoms with Crippen LogP contribution in [0.3, 0.4) is 0 Å². The summed E-state index contributed by atoms with van der Waals surface area (Å²) < 4.78 is 7.69. The number of carbonyl (C=O) groups is 1. The van der Waals surface area contributed by atoms with Crippen LogP contribution in [0, 0.1) is 18.3 Å². The Balaban J connectivity index is 1.37. The van der Waals surface area contributed by atoms with Gasteiger partial charge in [0, 0.05) is 42.7 Å². The largest absolute Gasteiger partial charge is 0.493 e. The third kappa shape index (κ3) is 4.47. The Morgan fingerprint density at radius 2 is 2.12 bits per heavy atom. The van der Waals surface area contributed by atoms with Crippen molar-refractivity contribution in [3.8, 4) is 11.8 Å². The van der Waals surface area contributed by atoms with Crippen LogP contribution in [0.5, 0.6) is 5.75 Å². The van der Waals surface area contributed by atoms with Gasteiger partial charge in [0.2, 0.25) is 5.91 Å². The number of aryl methyl sites for hydroxylation is 1. The minimum absolute atomic E-state index is 0.238. The van der Waals surface area contributed by atoms with Crippen molar-refractivity contribution in [3.63, 3.8) is 0 Å². The highest BCUT2D eigenvalue weighted by molar-refractivity contribution is 6.30. The van der Waals surface area contributed by atoms with Gasteiger partial charge < -0.3 is 20.4 Å². The van der Waals surface area contributed by atoms with Crippen LogP contribution in [-0.2, 0) is 23.3 Å². The number of carbonyl (C=O) groups excluding carboxylic acids is 1. The van der Waals surface area contributed by atoms with Gasteiger partial charge in [-0.1, -0.05) is 29.8 Å². The summed E-state index contributed by atoms with van der Waals surface area (Å²) in [5.74, 6) is 1.21. The Morgan fingerprint density at radius 3 is 2.88 bits per heavy atom. The number of benzene rings is 2. The molecule has 0 aliphatic carbocycles. The van der Waals surface area contributed by atoms with Crippen LogP contribution < -0.4 is 15.8 Å². The highest BCUT2D eigenvalue weighted by Gasteiger charge is 2.40. The van der Waals surface area contributed by atoms with Crippen molar-refractivity contribution in [2.45, 2.75) is 31.8 Å². The van der Waals surface area contributed by atoms with Crippen LogP contribution in [0.2, 0.25) is 5.02 Å². The molecule has 1 amide bonds. The Morgan fingerprint density at radius 1 is 1.34 bits per heavy atom. The van der Waals surface area contributed by atoms with Gasteiger partial charge in [-0.15, -0.1) is 0 Å². The van der Waals surface area contributed by atoms with E-state index >= 15 is 0 Å². The SMILES string of the molecule is Cc1nc(CCNC(=O)C2(N)CCOc3cc(Cl)ccc32)cn1Cc1ccc(C#N)cc1. The first-order valence-corrected chi connectivity index (χ1v) is 10.8. The van der Waals surface area contributed by atoms with Crippen LogP contribution in [0.1, 0.15) is 34.6 Å². The molecule has 32 heavy (non-hydrogen) atoms. The zero-order valence-corrected chi connectivity index (χ0v) is 18.5. The summed E-state index contributed by atoms with van der Waals surface area (Å²) in [5, 5.41) is 12.4. The number of halogens is 1. The number of amides is 1. The van der Waals surface area contributed by atoms with E-state index in [1.54, 1.807) is 18.2 Å². The zero-order valence-electron chi connectivity index (χ0n) is 17.8. The van der Waals surface area contributed by atoms with Gasteiger partial charge in [-0.2, -0.15) is 5.26 Å². The van der Waals surface area contributed by atoms with Crippen LogP contribution in [0.4, 0.5) is 0 Å². The summed E-state index contributed by atoms with van der Waals surface area (Å²) in [4.78, 5) is 17.6. The van der Waals surface area contributed by atoms with E-state index in [-0.39, 0.29) is 5.91 Å². The fourth-order valence-electron chi connectivity index (χ4n) is 3.87. The molecule has 1 aromatic heterocycles. The van der Waals surface area contributed by atoms with E-state index in [1.807, 2.05) is 37.4 Å². The molecular formula is C24H24ClN5O2. The molecule has 0 spiro atoms. The van der Waals surface area contributed by atoms with E-state index in [4.69, 9.17) is 27.3 Å². The number of hydrogen-bond donors (Lipinski definition) is 2. The second-order valence-corrected chi connectivity index (χ2v) is 8.37. The summed E-state index contributed by atoms with van der Waals surface area (Å²) in [7, 11) is 0. The van der Waals surface area contributed by atoms with Crippen LogP contribution >= 0.6 is 11.6 Å². The minimum atomic E-state index is -1.15. The zero-order chi connectivity index (χ0) is 22.7. The number of nitriles is 1. The van der Waals surface area contributed by atoms with Crippen molar-refractivity contribution in [3.05, 3.63) is 81.9 Å². The number of ether oxygens (including phenoxy) is 1. The summed E-state index contributed by atoms with van der Waals surface area (Å²) in [6.45, 7) is 3.40. The Labute approximate surface area is 191 Å². The van der Waals surface area contributed by atoms with E-state index in [0.717, 1.165) is 17.1 Å². The van der Waals surface area contributed by atoms with E-state index in [2.05, 4.69) is 20.9 Å². The number of nitrogens with one attached hydrogen (secondary N) is 1. The highest BCUT2D eigenvalue weighted by atomic mass is 35.5. The standard InChI is InChI=1S/C24H24ClN5O2/c1-16-29-20(15-30(16)14-18-4-2-17(13-26)3-5-18)8-10-28-23(31)24(27)9-11-32-22-12-19(25)6-7-21(22)24/h2-7,12,15H,8-11,14,27H2,1H3,(H,28,31). The first-order valence-electron chi connectivity index (χ1n) is 10.4. The van der Waals surface area contributed by atoms with Gasteiger partial charge in [0.05, 0.1) is 23.9 Å². The molecule has 0 fully saturated rings. The molecule has 7 nitrogen and oxygen atoms in total. The molecule has 8 heteroatoms. The third-order valence-electron chi connectivity index (χ3n) is 5.71. The first kappa shape index (κ1) is 21.9. The summed E-state index contributed by atoms with van der Waals surface area (Å²) in [6, 6.07) is 14.8. The van der Waals surface area contributed by atoms with Gasteiger partial charge in [-0.05, 0) is 36.8 Å². The summed E-state index contributed by atoms with van der Waals surface area (Å²) in [6.07, 6.45) is 2.97. The van der Waals surface area contributed by atoms with Crippen molar-refractivity contribution in [2.75, 3.05) is 13.2 Å². The van der Waals surface area contributed by atoms with Crippen molar-refractivity contribution in [1.82, 2.24) is 14.9 Å². The van der Waals surface area contributed by atoms with Crippen molar-refractivity contribution < 1.29 is 9.53 Å². The van der Waals surface area contributed by atoms with Gasteiger partial charge >= 0.3 is 0 Å². The average molecular weight is 450 g/mol. The summed E-state index contributed by atoms with van der Waals surface area (Å²) in [5.41, 5.74) is 8.62. The number of nitrogens with zero attached hydrogens (tertiary/aromatic N) is 3. The van der Waals surface area contributed by atoms with Gasteiger partial charge in [0.15, 0.2) is 0 Å². The highest BCUT2D eigenvalue weighted by Crippen LogP contribution is 2.37. The van der Waals surface area contributed by atoms with Crippen molar-refractivity contribution in [2.24, 2.45) is 5.73 Å². The molecule has 0 saturated carbocycles. The van der Waals surface area contributed by atoms with Crippen molar-refractivity contribution in [1.29, 1.82) is 5.26 Å². The molecule has 1 atom stereocenters. The molecule has 164 valence electrons. The minimum Gasteiger partial charge on any atom is -0.493 e. The Bertz CT molecular complexity index is 1180. The molecule has 2 aromatic carbocycles. The van der Waals surface area contributed by atoms with E-state index in [9.17, 15) is 4.79 Å². The molecule has 1 aliphatic heterocycles. The van der Waals surface area contributed by atoms with Crippen LogP contribution in [0.15, 0.2) is 48.7 Å². The lowest BCUT2D eigenvalue weighted by molar-refractivity contribution is -0.127. The molecule has 1 unspecified atom stereocenters. The second kappa shape index (κ2) is 9.03. The maximum absolute atomic E-state index is 13.0. The Kier molecular flexibility index (Phi) is 6.17.